The van der Waals surface area contributed by atoms with Gasteiger partial charge in [0.25, 0.3) is 0 Å². The van der Waals surface area contributed by atoms with E-state index in [0.29, 0.717) is 18.3 Å². The van der Waals surface area contributed by atoms with E-state index in [1.807, 2.05) is 24.1 Å². The largest absolute Gasteiger partial charge is 0.497 e. The van der Waals surface area contributed by atoms with Gasteiger partial charge in [0.05, 0.1) is 7.11 Å². The summed E-state index contributed by atoms with van der Waals surface area (Å²) < 4.78 is 6.55. The van der Waals surface area contributed by atoms with Crippen molar-refractivity contribution in [3.05, 3.63) is 58.1 Å². The van der Waals surface area contributed by atoms with Gasteiger partial charge in [0.2, 0.25) is 5.91 Å². The molecule has 1 saturated heterocycles. The molecule has 2 aromatic carbocycles. The number of piperidine rings is 1. The average molecular weight is 457 g/mol. The lowest BCUT2D eigenvalue weighted by atomic mass is 9.86. The standard InChI is InChI=1S/C24H29BrN2O2/c1-26-23-6-4-3-5-21(23)19(15-24(26)28)16-27-11-9-17(10-12-27)13-18-14-20(29-2)7-8-22(18)25/h3-8,14,17,19H,9-13,15-16H2,1-2H3. The molecule has 4 rings (SSSR count). The average Bonchev–Trinajstić information content (AvgIpc) is 2.75. The second-order valence-corrected chi connectivity index (χ2v) is 9.17. The Kier molecular flexibility index (Phi) is 6.26. The maximum absolute atomic E-state index is 12.4. The maximum atomic E-state index is 12.4. The van der Waals surface area contributed by atoms with Gasteiger partial charge in [-0.3, -0.25) is 4.79 Å². The van der Waals surface area contributed by atoms with E-state index < -0.39 is 0 Å². The number of para-hydroxylation sites is 1. The summed E-state index contributed by atoms with van der Waals surface area (Å²) >= 11 is 3.69. The van der Waals surface area contributed by atoms with Crippen LogP contribution in [0, 0.1) is 5.92 Å². The van der Waals surface area contributed by atoms with Crippen molar-refractivity contribution < 1.29 is 9.53 Å². The van der Waals surface area contributed by atoms with Crippen LogP contribution in [0.3, 0.4) is 0 Å². The normalized spacial score (nSPS) is 20.6. The number of amides is 1. The van der Waals surface area contributed by atoms with E-state index in [4.69, 9.17) is 4.74 Å². The fourth-order valence-electron chi connectivity index (χ4n) is 4.72. The van der Waals surface area contributed by atoms with E-state index in [2.05, 4.69) is 51.2 Å². The summed E-state index contributed by atoms with van der Waals surface area (Å²) in [5.74, 6) is 2.15. The topological polar surface area (TPSA) is 32.8 Å². The highest BCUT2D eigenvalue weighted by atomic mass is 79.9. The van der Waals surface area contributed by atoms with Crippen LogP contribution in [0.2, 0.25) is 0 Å². The lowest BCUT2D eigenvalue weighted by Crippen LogP contribution is -2.41. The molecular weight excluding hydrogens is 428 g/mol. The number of likely N-dealkylation sites (tertiary alicyclic amines) is 1. The summed E-state index contributed by atoms with van der Waals surface area (Å²) in [5.41, 5.74) is 3.72. The third-order valence-corrected chi connectivity index (χ3v) is 7.25. The minimum absolute atomic E-state index is 0.228. The van der Waals surface area contributed by atoms with Crippen LogP contribution in [-0.2, 0) is 11.2 Å². The van der Waals surface area contributed by atoms with E-state index in [1.54, 1.807) is 7.11 Å². The molecule has 1 unspecified atom stereocenters. The van der Waals surface area contributed by atoms with Crippen molar-refractivity contribution >= 4 is 27.5 Å². The Morgan fingerprint density at radius 3 is 2.66 bits per heavy atom. The number of halogens is 1. The molecule has 5 heteroatoms. The Morgan fingerprint density at radius 2 is 1.90 bits per heavy atom. The number of methoxy groups -OCH3 is 1. The van der Waals surface area contributed by atoms with Crippen molar-refractivity contribution in [3.8, 4) is 5.75 Å². The molecule has 0 N–H and O–H groups in total. The quantitative estimate of drug-likeness (QED) is 0.643. The zero-order chi connectivity index (χ0) is 20.4. The number of hydrogen-bond donors (Lipinski definition) is 0. The van der Waals surface area contributed by atoms with Crippen molar-refractivity contribution in [1.82, 2.24) is 4.90 Å². The summed E-state index contributed by atoms with van der Waals surface area (Å²) in [4.78, 5) is 16.8. The fraction of sp³-hybridized carbons (Fsp3) is 0.458. The van der Waals surface area contributed by atoms with Crippen molar-refractivity contribution in [3.63, 3.8) is 0 Å². The van der Waals surface area contributed by atoms with Crippen LogP contribution in [0.15, 0.2) is 46.9 Å². The zero-order valence-electron chi connectivity index (χ0n) is 17.2. The van der Waals surface area contributed by atoms with Crippen LogP contribution in [0.1, 0.15) is 36.3 Å². The van der Waals surface area contributed by atoms with Crippen LogP contribution in [0.25, 0.3) is 0 Å². The van der Waals surface area contributed by atoms with Crippen molar-refractivity contribution in [1.29, 1.82) is 0 Å². The van der Waals surface area contributed by atoms with E-state index in [-0.39, 0.29) is 5.91 Å². The number of hydrogen-bond acceptors (Lipinski definition) is 3. The van der Waals surface area contributed by atoms with Gasteiger partial charge in [-0.15, -0.1) is 0 Å². The minimum Gasteiger partial charge on any atom is -0.497 e. The van der Waals surface area contributed by atoms with Gasteiger partial charge in [-0.25, -0.2) is 0 Å². The van der Waals surface area contributed by atoms with Gasteiger partial charge >= 0.3 is 0 Å². The Hall–Kier alpha value is -1.85. The maximum Gasteiger partial charge on any atom is 0.227 e. The smallest absolute Gasteiger partial charge is 0.227 e. The van der Waals surface area contributed by atoms with Gasteiger partial charge in [0.15, 0.2) is 0 Å². The second-order valence-electron chi connectivity index (χ2n) is 8.32. The molecule has 1 amide bonds. The van der Waals surface area contributed by atoms with Crippen LogP contribution in [-0.4, -0.2) is 44.6 Å². The lowest BCUT2D eigenvalue weighted by Gasteiger charge is -2.37. The van der Waals surface area contributed by atoms with Crippen LogP contribution in [0.5, 0.6) is 5.75 Å². The molecule has 2 heterocycles. The Bertz CT molecular complexity index is 877. The molecule has 2 aliphatic heterocycles. The molecule has 0 spiro atoms. The highest BCUT2D eigenvalue weighted by Crippen LogP contribution is 2.36. The number of carbonyl (C=O) groups is 1. The first-order chi connectivity index (χ1) is 14.0. The molecular formula is C24H29BrN2O2. The summed E-state index contributed by atoms with van der Waals surface area (Å²) in [6.45, 7) is 3.19. The molecule has 2 aliphatic rings. The van der Waals surface area contributed by atoms with Gasteiger partial charge in [-0.1, -0.05) is 34.1 Å². The Balaban J connectivity index is 1.36. The number of anilines is 1. The van der Waals surface area contributed by atoms with Crippen molar-refractivity contribution in [2.24, 2.45) is 5.92 Å². The highest BCUT2D eigenvalue weighted by Gasteiger charge is 2.31. The Labute approximate surface area is 182 Å². The van der Waals surface area contributed by atoms with Crippen LogP contribution < -0.4 is 9.64 Å². The summed E-state index contributed by atoms with van der Waals surface area (Å²) in [6, 6.07) is 14.6. The summed E-state index contributed by atoms with van der Waals surface area (Å²) in [6.07, 6.45) is 4.10. The number of carbonyl (C=O) groups excluding carboxylic acids is 1. The molecule has 0 bridgehead atoms. The zero-order valence-corrected chi connectivity index (χ0v) is 18.8. The third kappa shape index (κ3) is 4.51. The van der Waals surface area contributed by atoms with Gasteiger partial charge in [0.1, 0.15) is 5.75 Å². The van der Waals surface area contributed by atoms with E-state index in [9.17, 15) is 4.79 Å². The third-order valence-electron chi connectivity index (χ3n) is 6.48. The van der Waals surface area contributed by atoms with Gasteiger partial charge in [-0.2, -0.15) is 0 Å². The van der Waals surface area contributed by atoms with E-state index in [1.165, 1.54) is 28.4 Å². The number of ether oxygens (including phenoxy) is 1. The number of rotatable bonds is 5. The molecule has 0 aromatic heterocycles. The molecule has 29 heavy (non-hydrogen) atoms. The van der Waals surface area contributed by atoms with Gasteiger partial charge in [0, 0.05) is 36.1 Å². The second kappa shape index (κ2) is 8.88. The van der Waals surface area contributed by atoms with Crippen LogP contribution in [0.4, 0.5) is 5.69 Å². The molecule has 1 atom stereocenters. The summed E-state index contributed by atoms with van der Waals surface area (Å²) in [5, 5.41) is 0. The van der Waals surface area contributed by atoms with Crippen molar-refractivity contribution in [2.75, 3.05) is 38.7 Å². The fourth-order valence-corrected chi connectivity index (χ4v) is 5.13. The Morgan fingerprint density at radius 1 is 1.14 bits per heavy atom. The SMILES string of the molecule is COc1ccc(Br)c(CC2CCN(CC3CC(=O)N(C)c4ccccc43)CC2)c1. The molecule has 0 radical (unpaired) electrons. The lowest BCUT2D eigenvalue weighted by molar-refractivity contribution is -0.119. The minimum atomic E-state index is 0.228. The highest BCUT2D eigenvalue weighted by molar-refractivity contribution is 9.10. The van der Waals surface area contributed by atoms with E-state index in [0.717, 1.165) is 37.5 Å². The van der Waals surface area contributed by atoms with Crippen molar-refractivity contribution in [2.45, 2.75) is 31.6 Å². The first kappa shape index (κ1) is 20.4. The molecule has 154 valence electrons. The summed E-state index contributed by atoms with van der Waals surface area (Å²) in [7, 11) is 3.61. The first-order valence-corrected chi connectivity index (χ1v) is 11.2. The molecule has 1 fully saturated rings. The van der Waals surface area contributed by atoms with Gasteiger partial charge < -0.3 is 14.5 Å². The number of fused-ring (bicyclic) bond motifs is 1. The predicted octanol–water partition coefficient (Wildman–Crippen LogP) is 4.86. The van der Waals surface area contributed by atoms with Crippen LogP contribution >= 0.6 is 15.9 Å². The molecule has 4 nitrogen and oxygen atoms in total. The first-order valence-electron chi connectivity index (χ1n) is 10.5. The van der Waals surface area contributed by atoms with Gasteiger partial charge in [-0.05, 0) is 73.7 Å². The van der Waals surface area contributed by atoms with E-state index >= 15 is 0 Å². The number of benzene rings is 2. The monoisotopic (exact) mass is 456 g/mol. The molecule has 0 aliphatic carbocycles. The molecule has 0 saturated carbocycles. The predicted molar refractivity (Wildman–Crippen MR) is 121 cm³/mol. The molecule has 2 aromatic rings. The number of nitrogens with zero attached hydrogens (tertiary/aromatic N) is 2.